The first-order chi connectivity index (χ1) is 10.8. The summed E-state index contributed by atoms with van der Waals surface area (Å²) in [6, 6.07) is 4.81. The van der Waals surface area contributed by atoms with Gasteiger partial charge in [-0.1, -0.05) is 0 Å². The number of carbonyl (C=O) groups excluding carboxylic acids is 3. The second-order valence-electron chi connectivity index (χ2n) is 5.46. The van der Waals surface area contributed by atoms with Crippen LogP contribution in [0.25, 0.3) is 0 Å². The Balaban J connectivity index is 2.35. The first-order valence-corrected chi connectivity index (χ1v) is 7.33. The summed E-state index contributed by atoms with van der Waals surface area (Å²) in [7, 11) is 1.56. The lowest BCUT2D eigenvalue weighted by Crippen LogP contribution is -2.49. The van der Waals surface area contributed by atoms with Gasteiger partial charge in [0.15, 0.2) is 11.9 Å². The summed E-state index contributed by atoms with van der Waals surface area (Å²) in [5, 5.41) is 8.91. The van der Waals surface area contributed by atoms with Gasteiger partial charge in [0.05, 0.1) is 12.3 Å². The van der Waals surface area contributed by atoms with Gasteiger partial charge >= 0.3 is 0 Å². The summed E-state index contributed by atoms with van der Waals surface area (Å²) < 4.78 is 5.53. The minimum absolute atomic E-state index is 0.137. The predicted molar refractivity (Wildman–Crippen MR) is 83.6 cm³/mol. The number of benzene rings is 1. The lowest BCUT2D eigenvalue weighted by Gasteiger charge is -2.33. The van der Waals surface area contributed by atoms with Gasteiger partial charge in [-0.2, -0.15) is 0 Å². The van der Waals surface area contributed by atoms with E-state index in [1.54, 1.807) is 32.2 Å². The molecule has 124 valence electrons. The Morgan fingerprint density at radius 1 is 1.39 bits per heavy atom. The number of rotatable bonds is 5. The molecule has 0 aromatic heterocycles. The number of ether oxygens (including phenoxy) is 1. The fraction of sp³-hybridized carbons (Fsp3) is 0.438. The van der Waals surface area contributed by atoms with E-state index >= 15 is 0 Å². The quantitative estimate of drug-likeness (QED) is 0.796. The first-order valence-electron chi connectivity index (χ1n) is 7.33. The molecular formula is C16H20N2O5. The molecule has 1 aliphatic heterocycles. The molecule has 2 rings (SSSR count). The summed E-state index contributed by atoms with van der Waals surface area (Å²) in [4.78, 5) is 38.8. The molecular weight excluding hydrogens is 300 g/mol. The predicted octanol–water partition coefficient (Wildman–Crippen LogP) is 0.454. The number of nitrogens with zero attached hydrogens (tertiary/aromatic N) is 2. The van der Waals surface area contributed by atoms with Gasteiger partial charge in [-0.25, -0.2) is 0 Å². The topological polar surface area (TPSA) is 87.2 Å². The molecule has 1 unspecified atom stereocenters. The number of likely N-dealkylation sites (N-methyl/N-ethyl adjacent to an activating group) is 1. The van der Waals surface area contributed by atoms with Gasteiger partial charge < -0.3 is 14.7 Å². The maximum atomic E-state index is 12.4. The minimum atomic E-state index is -0.707. The number of fused-ring (bicyclic) bond motifs is 1. The summed E-state index contributed by atoms with van der Waals surface area (Å²) in [6.45, 7) is 2.91. The minimum Gasteiger partial charge on any atom is -0.479 e. The fourth-order valence-electron chi connectivity index (χ4n) is 2.32. The van der Waals surface area contributed by atoms with Crippen molar-refractivity contribution < 1.29 is 24.2 Å². The Morgan fingerprint density at radius 3 is 2.70 bits per heavy atom. The zero-order valence-corrected chi connectivity index (χ0v) is 13.4. The monoisotopic (exact) mass is 320 g/mol. The summed E-state index contributed by atoms with van der Waals surface area (Å²) in [5.74, 6) is -0.327. The van der Waals surface area contributed by atoms with Gasteiger partial charge in [0.25, 0.3) is 5.91 Å². The standard InChI is InChI=1S/C16H20N2O5/c1-10(20)12-4-5-14-13(8-12)18(16(22)11(2)23-14)9-15(21)17(3)6-7-19/h4-5,8,11,19H,6-7,9H2,1-3H3. The molecule has 0 radical (unpaired) electrons. The van der Waals surface area contributed by atoms with E-state index in [1.807, 2.05) is 0 Å². The lowest BCUT2D eigenvalue weighted by molar-refractivity contribution is -0.132. The van der Waals surface area contributed by atoms with Crippen LogP contribution < -0.4 is 9.64 Å². The maximum absolute atomic E-state index is 12.4. The second-order valence-corrected chi connectivity index (χ2v) is 5.46. The molecule has 1 atom stereocenters. The Kier molecular flexibility index (Phi) is 5.00. The smallest absolute Gasteiger partial charge is 0.268 e. The Morgan fingerprint density at radius 2 is 2.09 bits per heavy atom. The molecule has 7 nitrogen and oxygen atoms in total. The normalized spacial score (nSPS) is 16.6. The molecule has 1 N–H and O–H groups in total. The number of Topliss-reactive ketones (excluding diaryl/α,β-unsaturated/α-hetero) is 1. The van der Waals surface area contributed by atoms with Crippen LogP contribution in [0.1, 0.15) is 24.2 Å². The van der Waals surface area contributed by atoms with E-state index in [-0.39, 0.29) is 37.3 Å². The van der Waals surface area contributed by atoms with Crippen LogP contribution in [0.2, 0.25) is 0 Å². The van der Waals surface area contributed by atoms with Gasteiger partial charge in [0.1, 0.15) is 12.3 Å². The van der Waals surface area contributed by atoms with E-state index in [4.69, 9.17) is 9.84 Å². The molecule has 1 aromatic carbocycles. The van der Waals surface area contributed by atoms with Crippen molar-refractivity contribution in [2.45, 2.75) is 20.0 Å². The number of ketones is 1. The molecule has 0 aliphatic carbocycles. The Hall–Kier alpha value is -2.41. The van der Waals surface area contributed by atoms with Gasteiger partial charge in [-0.05, 0) is 32.0 Å². The highest BCUT2D eigenvalue weighted by Crippen LogP contribution is 2.35. The molecule has 0 saturated heterocycles. The third-order valence-corrected chi connectivity index (χ3v) is 3.73. The van der Waals surface area contributed by atoms with Crippen molar-refractivity contribution >= 4 is 23.3 Å². The molecule has 0 bridgehead atoms. The zero-order chi connectivity index (χ0) is 17.1. The number of aliphatic hydroxyl groups excluding tert-OH is 1. The Bertz CT molecular complexity index is 643. The van der Waals surface area contributed by atoms with Gasteiger partial charge in [0, 0.05) is 19.2 Å². The number of aliphatic hydroxyl groups is 1. The van der Waals surface area contributed by atoms with E-state index in [0.29, 0.717) is 17.0 Å². The van der Waals surface area contributed by atoms with E-state index in [1.165, 1.54) is 16.7 Å². The third kappa shape index (κ3) is 3.50. The Labute approximate surface area is 134 Å². The van der Waals surface area contributed by atoms with Crippen molar-refractivity contribution in [1.82, 2.24) is 4.90 Å². The number of carbonyl (C=O) groups is 3. The van der Waals surface area contributed by atoms with Crippen LogP contribution in [-0.4, -0.2) is 60.5 Å². The van der Waals surface area contributed by atoms with Gasteiger partial charge in [-0.3, -0.25) is 19.3 Å². The van der Waals surface area contributed by atoms with E-state index in [2.05, 4.69) is 0 Å². The van der Waals surface area contributed by atoms with Crippen molar-refractivity contribution in [3.8, 4) is 5.75 Å². The van der Waals surface area contributed by atoms with E-state index in [0.717, 1.165) is 0 Å². The molecule has 2 amide bonds. The average molecular weight is 320 g/mol. The average Bonchev–Trinajstić information content (AvgIpc) is 2.51. The summed E-state index contributed by atoms with van der Waals surface area (Å²) in [5.41, 5.74) is 0.849. The van der Waals surface area contributed by atoms with Crippen LogP contribution in [0.15, 0.2) is 18.2 Å². The summed E-state index contributed by atoms with van der Waals surface area (Å²) in [6.07, 6.45) is -0.707. The SMILES string of the molecule is CC(=O)c1ccc2c(c1)N(CC(=O)N(C)CCO)C(=O)C(C)O2. The zero-order valence-electron chi connectivity index (χ0n) is 13.4. The number of hydrogen-bond acceptors (Lipinski definition) is 5. The maximum Gasteiger partial charge on any atom is 0.268 e. The van der Waals surface area contributed by atoms with Gasteiger partial charge in [0.2, 0.25) is 5.91 Å². The first kappa shape index (κ1) is 17.0. The van der Waals surface area contributed by atoms with Crippen LogP contribution in [0.5, 0.6) is 5.75 Å². The highest BCUT2D eigenvalue weighted by molar-refractivity contribution is 6.05. The van der Waals surface area contributed by atoms with Crippen molar-refractivity contribution in [3.63, 3.8) is 0 Å². The van der Waals surface area contributed by atoms with Crippen molar-refractivity contribution in [1.29, 1.82) is 0 Å². The molecule has 23 heavy (non-hydrogen) atoms. The van der Waals surface area contributed by atoms with E-state index in [9.17, 15) is 14.4 Å². The molecule has 0 fully saturated rings. The highest BCUT2D eigenvalue weighted by atomic mass is 16.5. The molecule has 0 saturated carbocycles. The second kappa shape index (κ2) is 6.78. The number of anilines is 1. The molecule has 7 heteroatoms. The van der Waals surface area contributed by atoms with Crippen molar-refractivity contribution in [2.75, 3.05) is 31.6 Å². The highest BCUT2D eigenvalue weighted by Gasteiger charge is 2.33. The van der Waals surface area contributed by atoms with Crippen molar-refractivity contribution in [3.05, 3.63) is 23.8 Å². The van der Waals surface area contributed by atoms with Crippen LogP contribution >= 0.6 is 0 Å². The van der Waals surface area contributed by atoms with Crippen LogP contribution in [0, 0.1) is 0 Å². The van der Waals surface area contributed by atoms with Gasteiger partial charge in [-0.15, -0.1) is 0 Å². The fourth-order valence-corrected chi connectivity index (χ4v) is 2.32. The lowest BCUT2D eigenvalue weighted by atomic mass is 10.1. The molecule has 1 aromatic rings. The van der Waals surface area contributed by atoms with Crippen molar-refractivity contribution in [2.24, 2.45) is 0 Å². The third-order valence-electron chi connectivity index (χ3n) is 3.73. The molecule has 0 spiro atoms. The van der Waals surface area contributed by atoms with Crippen LogP contribution in [-0.2, 0) is 9.59 Å². The van der Waals surface area contributed by atoms with Crippen LogP contribution in [0.4, 0.5) is 5.69 Å². The summed E-state index contributed by atoms with van der Waals surface area (Å²) >= 11 is 0. The molecule has 1 heterocycles. The molecule has 1 aliphatic rings. The largest absolute Gasteiger partial charge is 0.479 e. The number of hydrogen-bond donors (Lipinski definition) is 1. The number of amides is 2. The van der Waals surface area contributed by atoms with E-state index < -0.39 is 6.10 Å². The van der Waals surface area contributed by atoms with Crippen LogP contribution in [0.3, 0.4) is 0 Å².